The van der Waals surface area contributed by atoms with Gasteiger partial charge in [-0.3, -0.25) is 14.4 Å². The Labute approximate surface area is 183 Å². The van der Waals surface area contributed by atoms with Gasteiger partial charge in [0.25, 0.3) is 0 Å². The van der Waals surface area contributed by atoms with Crippen molar-refractivity contribution in [1.82, 2.24) is 20.5 Å². The first-order valence-electron chi connectivity index (χ1n) is 10.3. The first-order chi connectivity index (χ1) is 15.3. The highest BCUT2D eigenvalue weighted by Gasteiger charge is 2.38. The molecule has 3 atom stereocenters. The van der Waals surface area contributed by atoms with Crippen molar-refractivity contribution >= 4 is 34.6 Å². The summed E-state index contributed by atoms with van der Waals surface area (Å²) in [4.78, 5) is 53.6. The zero-order valence-electron chi connectivity index (χ0n) is 17.4. The monoisotopic (exact) mass is 445 g/mol. The Hall–Kier alpha value is -3.44. The maximum atomic E-state index is 13.4. The largest absolute Gasteiger partial charge is 0.480 e. The van der Waals surface area contributed by atoms with Gasteiger partial charge in [-0.1, -0.05) is 18.2 Å². The molecular formula is C21H27N5O6. The number of para-hydroxylation sites is 1. The zero-order valence-corrected chi connectivity index (χ0v) is 17.4. The predicted octanol–water partition coefficient (Wildman–Crippen LogP) is -1.29. The minimum absolute atomic E-state index is 0.188. The summed E-state index contributed by atoms with van der Waals surface area (Å²) in [5, 5.41) is 24.0. The van der Waals surface area contributed by atoms with Gasteiger partial charge in [-0.2, -0.15) is 0 Å². The molecule has 1 aliphatic heterocycles. The van der Waals surface area contributed by atoms with Crippen molar-refractivity contribution in [3.63, 3.8) is 0 Å². The standard InChI is InChI=1S/C21H27N5O6/c22-9-18(28)24-15(8-12-10-23-14-5-2-1-4-13(12)14)20(30)26-7-3-6-17(26)19(29)25-16(11-27)21(31)32/h1-2,4-5,10,15-17,23,27H,3,6-9,11,22H2,(H,24,28)(H,25,29)(H,31,32). The van der Waals surface area contributed by atoms with E-state index in [1.54, 1.807) is 6.20 Å². The number of fused-ring (bicyclic) bond motifs is 1. The van der Waals surface area contributed by atoms with E-state index in [2.05, 4.69) is 15.6 Å². The maximum Gasteiger partial charge on any atom is 0.328 e. The SMILES string of the molecule is NCC(=O)NC(Cc1c[nH]c2ccccc12)C(=O)N1CCCC1C(=O)NC(CO)C(=O)O. The molecule has 1 saturated heterocycles. The van der Waals surface area contributed by atoms with Gasteiger partial charge in [0.15, 0.2) is 0 Å². The van der Waals surface area contributed by atoms with Gasteiger partial charge >= 0.3 is 5.97 Å². The van der Waals surface area contributed by atoms with Crippen LogP contribution in [0, 0.1) is 0 Å². The summed E-state index contributed by atoms with van der Waals surface area (Å²) in [6.07, 6.45) is 2.85. The Bertz CT molecular complexity index is 1010. The predicted molar refractivity (Wildman–Crippen MR) is 114 cm³/mol. The van der Waals surface area contributed by atoms with Crippen molar-refractivity contribution in [2.24, 2.45) is 5.73 Å². The minimum Gasteiger partial charge on any atom is -0.480 e. The van der Waals surface area contributed by atoms with Crippen LogP contribution >= 0.6 is 0 Å². The van der Waals surface area contributed by atoms with Crippen LogP contribution in [0.15, 0.2) is 30.5 Å². The third-order valence-electron chi connectivity index (χ3n) is 5.55. The number of hydrogen-bond acceptors (Lipinski definition) is 6. The van der Waals surface area contributed by atoms with Crippen molar-refractivity contribution in [3.8, 4) is 0 Å². The number of carbonyl (C=O) groups is 4. The topological polar surface area (TPSA) is 178 Å². The number of aromatic nitrogens is 1. The number of nitrogens with one attached hydrogen (secondary N) is 3. The van der Waals surface area contributed by atoms with E-state index in [1.807, 2.05) is 24.3 Å². The van der Waals surface area contributed by atoms with Crippen molar-refractivity contribution in [2.75, 3.05) is 19.7 Å². The second kappa shape index (κ2) is 10.2. The van der Waals surface area contributed by atoms with Gasteiger partial charge in [0.2, 0.25) is 17.7 Å². The third-order valence-corrected chi connectivity index (χ3v) is 5.55. The minimum atomic E-state index is -1.46. The lowest BCUT2D eigenvalue weighted by Gasteiger charge is -2.29. The van der Waals surface area contributed by atoms with Crippen LogP contribution in [0.5, 0.6) is 0 Å². The highest BCUT2D eigenvalue weighted by atomic mass is 16.4. The smallest absolute Gasteiger partial charge is 0.328 e. The number of likely N-dealkylation sites (tertiary alicyclic amines) is 1. The van der Waals surface area contributed by atoms with Gasteiger partial charge in [-0.15, -0.1) is 0 Å². The number of nitrogens with zero attached hydrogens (tertiary/aromatic N) is 1. The van der Waals surface area contributed by atoms with E-state index in [0.717, 1.165) is 16.5 Å². The van der Waals surface area contributed by atoms with E-state index >= 15 is 0 Å². The van der Waals surface area contributed by atoms with Crippen molar-refractivity contribution in [3.05, 3.63) is 36.0 Å². The molecule has 3 rings (SSSR count). The summed E-state index contributed by atoms with van der Waals surface area (Å²) in [5.41, 5.74) is 7.14. The van der Waals surface area contributed by atoms with Crippen LogP contribution < -0.4 is 16.4 Å². The number of hydrogen-bond donors (Lipinski definition) is 6. The number of aliphatic carboxylic acids is 1. The lowest BCUT2D eigenvalue weighted by Crippen LogP contribution is -2.56. The first-order valence-corrected chi connectivity index (χ1v) is 10.3. The quantitative estimate of drug-likeness (QED) is 0.278. The first kappa shape index (κ1) is 23.2. The molecule has 11 heteroatoms. The summed E-state index contributed by atoms with van der Waals surface area (Å²) in [6, 6.07) is 4.25. The zero-order chi connectivity index (χ0) is 23.3. The van der Waals surface area contributed by atoms with E-state index in [-0.39, 0.29) is 19.5 Å². The second-order valence-corrected chi connectivity index (χ2v) is 7.66. The molecule has 1 aliphatic rings. The van der Waals surface area contributed by atoms with Crippen LogP contribution in [0.25, 0.3) is 10.9 Å². The number of benzene rings is 1. The number of amides is 3. The van der Waals surface area contributed by atoms with E-state index in [0.29, 0.717) is 12.8 Å². The molecule has 0 saturated carbocycles. The van der Waals surface area contributed by atoms with E-state index < -0.39 is 48.4 Å². The molecule has 3 unspecified atom stereocenters. The molecule has 0 bridgehead atoms. The molecule has 2 heterocycles. The lowest BCUT2D eigenvalue weighted by atomic mass is 10.0. The summed E-state index contributed by atoms with van der Waals surface area (Å²) >= 11 is 0. The molecular weight excluding hydrogens is 418 g/mol. The van der Waals surface area contributed by atoms with Gasteiger partial charge in [0, 0.05) is 30.1 Å². The van der Waals surface area contributed by atoms with Crippen LogP contribution in [-0.2, 0) is 25.6 Å². The van der Waals surface area contributed by atoms with Gasteiger partial charge in [0.05, 0.1) is 13.2 Å². The molecule has 1 fully saturated rings. The van der Waals surface area contributed by atoms with Crippen LogP contribution in [0.1, 0.15) is 18.4 Å². The lowest BCUT2D eigenvalue weighted by molar-refractivity contribution is -0.145. The van der Waals surface area contributed by atoms with Crippen LogP contribution in [-0.4, -0.2) is 81.6 Å². The maximum absolute atomic E-state index is 13.4. The Morgan fingerprint density at radius 3 is 2.62 bits per heavy atom. The fraction of sp³-hybridized carbons (Fsp3) is 0.429. The summed E-state index contributed by atoms with van der Waals surface area (Å²) in [6.45, 7) is -0.771. The molecule has 32 heavy (non-hydrogen) atoms. The molecule has 172 valence electrons. The number of nitrogens with two attached hydrogens (primary N) is 1. The normalized spacial score (nSPS) is 17.7. The van der Waals surface area contributed by atoms with Crippen molar-refractivity contribution in [2.45, 2.75) is 37.4 Å². The van der Waals surface area contributed by atoms with E-state index in [9.17, 15) is 19.2 Å². The number of carbonyl (C=O) groups excluding carboxylic acids is 3. The van der Waals surface area contributed by atoms with Gasteiger partial charge in [-0.05, 0) is 24.5 Å². The van der Waals surface area contributed by atoms with Gasteiger partial charge < -0.3 is 36.5 Å². The number of carboxylic acids is 1. The summed E-state index contributed by atoms with van der Waals surface area (Å²) < 4.78 is 0. The highest BCUT2D eigenvalue weighted by Crippen LogP contribution is 2.23. The summed E-state index contributed by atoms with van der Waals surface area (Å²) in [7, 11) is 0. The van der Waals surface area contributed by atoms with E-state index in [4.69, 9.17) is 15.9 Å². The molecule has 3 amide bonds. The molecule has 0 aliphatic carbocycles. The average Bonchev–Trinajstić information content (AvgIpc) is 3.43. The number of aliphatic hydroxyl groups is 1. The number of H-pyrrole nitrogens is 1. The van der Waals surface area contributed by atoms with E-state index in [1.165, 1.54) is 4.90 Å². The Morgan fingerprint density at radius 2 is 1.94 bits per heavy atom. The molecule has 0 spiro atoms. The van der Waals surface area contributed by atoms with Crippen molar-refractivity contribution < 1.29 is 29.4 Å². The molecule has 7 N–H and O–H groups in total. The fourth-order valence-corrected chi connectivity index (χ4v) is 3.93. The number of aliphatic hydroxyl groups excluding tert-OH is 1. The Morgan fingerprint density at radius 1 is 1.19 bits per heavy atom. The second-order valence-electron chi connectivity index (χ2n) is 7.66. The van der Waals surface area contributed by atoms with Gasteiger partial charge in [0.1, 0.15) is 18.1 Å². The van der Waals surface area contributed by atoms with Crippen LogP contribution in [0.2, 0.25) is 0 Å². The van der Waals surface area contributed by atoms with Gasteiger partial charge in [-0.25, -0.2) is 4.79 Å². The van der Waals surface area contributed by atoms with Crippen molar-refractivity contribution in [1.29, 1.82) is 0 Å². The number of carboxylic acid groups (broad SMARTS) is 1. The molecule has 11 nitrogen and oxygen atoms in total. The fourth-order valence-electron chi connectivity index (χ4n) is 3.93. The Balaban J connectivity index is 1.80. The third kappa shape index (κ3) is 5.06. The number of rotatable bonds is 9. The van der Waals surface area contributed by atoms with Crippen LogP contribution in [0.3, 0.4) is 0 Å². The molecule has 1 aromatic heterocycles. The molecule has 0 radical (unpaired) electrons. The summed E-state index contributed by atoms with van der Waals surface area (Å²) in [5.74, 6) is -2.99. The highest BCUT2D eigenvalue weighted by molar-refractivity contribution is 5.94. The number of aromatic amines is 1. The molecule has 2 aromatic rings. The average molecular weight is 445 g/mol. The van der Waals surface area contributed by atoms with Crippen LogP contribution in [0.4, 0.5) is 0 Å². The Kier molecular flexibility index (Phi) is 7.44. The molecule has 1 aromatic carbocycles.